The van der Waals surface area contributed by atoms with Crippen LogP contribution in [0.3, 0.4) is 0 Å². The van der Waals surface area contributed by atoms with Gasteiger partial charge in [-0.15, -0.1) is 0 Å². The van der Waals surface area contributed by atoms with Crippen LogP contribution in [0.4, 0.5) is 4.39 Å². The smallest absolute Gasteiger partial charge is 0.331 e. The number of aromatic amines is 1. The number of nitrogens with zero attached hydrogens (tertiary/aromatic N) is 1. The van der Waals surface area contributed by atoms with Crippen molar-refractivity contribution >= 4 is 0 Å². The van der Waals surface area contributed by atoms with Crippen molar-refractivity contribution in [2.24, 2.45) is 0 Å². The van der Waals surface area contributed by atoms with Gasteiger partial charge in [0, 0.05) is 6.04 Å². The van der Waals surface area contributed by atoms with Crippen LogP contribution in [0.1, 0.15) is 38.1 Å². The molecular formula is C10H13FN2O3. The minimum atomic E-state index is -1.29. The Bertz CT molecular complexity index is 500. The summed E-state index contributed by atoms with van der Waals surface area (Å²) < 4.78 is 14.1. The van der Waals surface area contributed by atoms with E-state index in [-0.39, 0.29) is 6.04 Å². The van der Waals surface area contributed by atoms with Crippen molar-refractivity contribution in [3.05, 3.63) is 26.7 Å². The monoisotopic (exact) mass is 228 g/mol. The quantitative estimate of drug-likeness (QED) is 0.749. The molecular weight excluding hydrogens is 215 g/mol. The third kappa shape index (κ3) is 1.75. The molecule has 1 aromatic heterocycles. The van der Waals surface area contributed by atoms with Gasteiger partial charge in [-0.1, -0.05) is 19.3 Å². The lowest BCUT2D eigenvalue weighted by molar-refractivity contribution is 0.283. The number of rotatable bonds is 1. The van der Waals surface area contributed by atoms with Gasteiger partial charge in [0.25, 0.3) is 5.56 Å². The fraction of sp³-hybridized carbons (Fsp3) is 0.600. The highest BCUT2D eigenvalue weighted by Crippen LogP contribution is 2.29. The van der Waals surface area contributed by atoms with E-state index < -0.39 is 22.9 Å². The van der Waals surface area contributed by atoms with Crippen LogP contribution in [-0.2, 0) is 0 Å². The minimum absolute atomic E-state index is 0.215. The molecule has 88 valence electrons. The average Bonchev–Trinajstić information content (AvgIpc) is 2.28. The SMILES string of the molecule is O=c1[nH]c(=O)n(C2CCCCC2)c(O)c1F. The van der Waals surface area contributed by atoms with Gasteiger partial charge in [0.1, 0.15) is 0 Å². The molecule has 0 aromatic carbocycles. The minimum Gasteiger partial charge on any atom is -0.492 e. The first kappa shape index (κ1) is 10.9. The Labute approximate surface area is 90.5 Å². The zero-order chi connectivity index (χ0) is 11.7. The number of H-pyrrole nitrogens is 1. The molecule has 1 aliphatic rings. The number of aromatic hydroxyl groups is 1. The molecule has 0 bridgehead atoms. The van der Waals surface area contributed by atoms with E-state index in [0.29, 0.717) is 0 Å². The molecule has 0 saturated heterocycles. The van der Waals surface area contributed by atoms with Gasteiger partial charge in [-0.2, -0.15) is 4.39 Å². The van der Waals surface area contributed by atoms with Gasteiger partial charge in [0.2, 0.25) is 11.7 Å². The molecule has 1 fully saturated rings. The van der Waals surface area contributed by atoms with Gasteiger partial charge in [-0.05, 0) is 12.8 Å². The van der Waals surface area contributed by atoms with Crippen molar-refractivity contribution in [2.75, 3.05) is 0 Å². The molecule has 0 radical (unpaired) electrons. The zero-order valence-electron chi connectivity index (χ0n) is 8.70. The zero-order valence-corrected chi connectivity index (χ0v) is 8.70. The number of halogens is 1. The fourth-order valence-electron chi connectivity index (χ4n) is 2.19. The summed E-state index contributed by atoms with van der Waals surface area (Å²) in [5, 5.41) is 9.48. The Morgan fingerprint density at radius 3 is 2.50 bits per heavy atom. The first-order chi connectivity index (χ1) is 7.61. The fourth-order valence-corrected chi connectivity index (χ4v) is 2.19. The lowest BCUT2D eigenvalue weighted by Crippen LogP contribution is -2.34. The summed E-state index contributed by atoms with van der Waals surface area (Å²) in [6.07, 6.45) is 4.41. The second kappa shape index (κ2) is 4.11. The van der Waals surface area contributed by atoms with Gasteiger partial charge >= 0.3 is 5.69 Å². The van der Waals surface area contributed by atoms with Crippen LogP contribution >= 0.6 is 0 Å². The Kier molecular flexibility index (Phi) is 2.80. The Morgan fingerprint density at radius 1 is 1.25 bits per heavy atom. The summed E-state index contributed by atoms with van der Waals surface area (Å²) in [4.78, 5) is 24.2. The number of hydrogen-bond donors (Lipinski definition) is 2. The molecule has 16 heavy (non-hydrogen) atoms. The normalized spacial score (nSPS) is 17.6. The Morgan fingerprint density at radius 2 is 1.88 bits per heavy atom. The van der Waals surface area contributed by atoms with Crippen molar-refractivity contribution in [2.45, 2.75) is 38.1 Å². The molecule has 2 rings (SSSR count). The van der Waals surface area contributed by atoms with E-state index in [1.807, 2.05) is 4.98 Å². The standard InChI is InChI=1S/C10H13FN2O3/c11-7-8(14)12-10(16)13(9(7)15)6-4-2-1-3-5-6/h6,15H,1-5H2,(H,12,14,16). The van der Waals surface area contributed by atoms with Crippen LogP contribution in [0.2, 0.25) is 0 Å². The topological polar surface area (TPSA) is 75.1 Å². The highest BCUT2D eigenvalue weighted by atomic mass is 19.1. The largest absolute Gasteiger partial charge is 0.492 e. The first-order valence-electron chi connectivity index (χ1n) is 5.34. The van der Waals surface area contributed by atoms with E-state index >= 15 is 0 Å². The third-order valence-corrected chi connectivity index (χ3v) is 3.00. The molecule has 2 N–H and O–H groups in total. The first-order valence-corrected chi connectivity index (χ1v) is 5.34. The van der Waals surface area contributed by atoms with E-state index in [9.17, 15) is 19.1 Å². The molecule has 0 unspecified atom stereocenters. The van der Waals surface area contributed by atoms with Crippen LogP contribution in [0.25, 0.3) is 0 Å². The highest BCUT2D eigenvalue weighted by molar-refractivity contribution is 5.11. The third-order valence-electron chi connectivity index (χ3n) is 3.00. The van der Waals surface area contributed by atoms with E-state index in [0.717, 1.165) is 36.7 Å². The number of nitrogens with one attached hydrogen (secondary N) is 1. The second-order valence-electron chi connectivity index (χ2n) is 4.06. The molecule has 0 amide bonds. The molecule has 1 saturated carbocycles. The summed E-state index contributed by atoms with van der Waals surface area (Å²) in [6.45, 7) is 0. The van der Waals surface area contributed by atoms with Gasteiger partial charge in [0.15, 0.2) is 0 Å². The van der Waals surface area contributed by atoms with Crippen molar-refractivity contribution in [1.29, 1.82) is 0 Å². The van der Waals surface area contributed by atoms with Gasteiger partial charge < -0.3 is 5.11 Å². The van der Waals surface area contributed by atoms with Crippen LogP contribution in [0.5, 0.6) is 5.88 Å². The molecule has 1 aliphatic carbocycles. The van der Waals surface area contributed by atoms with Crippen molar-refractivity contribution in [1.82, 2.24) is 9.55 Å². The summed E-state index contributed by atoms with van der Waals surface area (Å²) in [6, 6.07) is -0.215. The number of hydrogen-bond acceptors (Lipinski definition) is 3. The van der Waals surface area contributed by atoms with Crippen LogP contribution in [-0.4, -0.2) is 14.7 Å². The van der Waals surface area contributed by atoms with E-state index in [2.05, 4.69) is 0 Å². The molecule has 0 spiro atoms. The van der Waals surface area contributed by atoms with Gasteiger partial charge in [-0.25, -0.2) is 4.79 Å². The maximum absolute atomic E-state index is 13.2. The van der Waals surface area contributed by atoms with E-state index in [1.165, 1.54) is 0 Å². The van der Waals surface area contributed by atoms with Gasteiger partial charge in [-0.3, -0.25) is 14.3 Å². The molecule has 6 heteroatoms. The summed E-state index contributed by atoms with van der Waals surface area (Å²) in [5.74, 6) is -2.13. The number of aromatic nitrogens is 2. The van der Waals surface area contributed by atoms with Crippen molar-refractivity contribution in [3.63, 3.8) is 0 Å². The molecule has 0 aliphatic heterocycles. The summed E-state index contributed by atoms with van der Waals surface area (Å²) in [7, 11) is 0. The Hall–Kier alpha value is -1.59. The van der Waals surface area contributed by atoms with Crippen molar-refractivity contribution < 1.29 is 9.50 Å². The average molecular weight is 228 g/mol. The molecule has 1 aromatic rings. The summed E-state index contributed by atoms with van der Waals surface area (Å²) >= 11 is 0. The van der Waals surface area contributed by atoms with Crippen LogP contribution in [0, 0.1) is 5.82 Å². The van der Waals surface area contributed by atoms with E-state index in [1.54, 1.807) is 0 Å². The maximum Gasteiger partial charge on any atom is 0.331 e. The lowest BCUT2D eigenvalue weighted by atomic mass is 9.95. The van der Waals surface area contributed by atoms with E-state index in [4.69, 9.17) is 0 Å². The van der Waals surface area contributed by atoms with Crippen LogP contribution in [0.15, 0.2) is 9.59 Å². The van der Waals surface area contributed by atoms with Crippen LogP contribution < -0.4 is 11.2 Å². The second-order valence-corrected chi connectivity index (χ2v) is 4.06. The molecule has 5 nitrogen and oxygen atoms in total. The lowest BCUT2D eigenvalue weighted by Gasteiger charge is -2.24. The maximum atomic E-state index is 13.2. The predicted molar refractivity (Wildman–Crippen MR) is 55.1 cm³/mol. The summed E-state index contributed by atoms with van der Waals surface area (Å²) in [5.41, 5.74) is -1.91. The van der Waals surface area contributed by atoms with Gasteiger partial charge in [0.05, 0.1) is 0 Å². The van der Waals surface area contributed by atoms with Crippen molar-refractivity contribution in [3.8, 4) is 5.88 Å². The Balaban J connectivity index is 2.51. The predicted octanol–water partition coefficient (Wildman–Crippen LogP) is 0.886. The molecule has 1 heterocycles. The highest BCUT2D eigenvalue weighted by Gasteiger charge is 2.22. The molecule has 0 atom stereocenters.